The quantitative estimate of drug-likeness (QED) is 0.670. The normalized spacial score (nSPS) is 10.9. The largest absolute Gasteiger partial charge is 0.494 e. The van der Waals surface area contributed by atoms with E-state index in [9.17, 15) is 9.59 Å². The number of aryl methyl sites for hydroxylation is 2. The molecule has 1 amide bonds. The molecule has 1 N–H and O–H groups in total. The molecule has 2 heterocycles. The van der Waals surface area contributed by atoms with Crippen LogP contribution < -0.4 is 15.6 Å². The van der Waals surface area contributed by atoms with Gasteiger partial charge in [-0.3, -0.25) is 9.59 Å². The molecule has 6 nitrogen and oxygen atoms in total. The number of hydrogen-bond donors (Lipinski definition) is 1. The smallest absolute Gasteiger partial charge is 0.266 e. The first-order chi connectivity index (χ1) is 12.5. The van der Waals surface area contributed by atoms with Gasteiger partial charge in [-0.1, -0.05) is 13.3 Å². The van der Waals surface area contributed by atoms with Gasteiger partial charge in [0.05, 0.1) is 23.2 Å². The van der Waals surface area contributed by atoms with Crippen LogP contribution in [0.25, 0.3) is 10.2 Å². The fourth-order valence-electron chi connectivity index (χ4n) is 2.58. The number of nitrogens with zero attached hydrogens (tertiary/aromatic N) is 2. The van der Waals surface area contributed by atoms with Crippen molar-refractivity contribution >= 4 is 33.1 Å². The van der Waals surface area contributed by atoms with Crippen molar-refractivity contribution in [1.82, 2.24) is 9.55 Å². The molecule has 0 atom stereocenters. The molecule has 0 aliphatic heterocycles. The number of unbranched alkanes of at least 4 members (excludes halogenated alkanes) is 1. The molecule has 0 spiro atoms. The van der Waals surface area contributed by atoms with E-state index in [4.69, 9.17) is 4.74 Å². The van der Waals surface area contributed by atoms with Gasteiger partial charge in [-0.2, -0.15) is 0 Å². The van der Waals surface area contributed by atoms with Crippen LogP contribution in [0.1, 0.15) is 35.0 Å². The van der Waals surface area contributed by atoms with E-state index in [0.717, 1.165) is 18.6 Å². The van der Waals surface area contributed by atoms with Crippen molar-refractivity contribution in [3.05, 3.63) is 51.4 Å². The van der Waals surface area contributed by atoms with Crippen LogP contribution in [0.4, 0.5) is 5.69 Å². The first kappa shape index (κ1) is 18.1. The van der Waals surface area contributed by atoms with Crippen LogP contribution in [0.5, 0.6) is 5.75 Å². The molecule has 0 saturated carbocycles. The summed E-state index contributed by atoms with van der Waals surface area (Å²) in [4.78, 5) is 30.2. The lowest BCUT2D eigenvalue weighted by Gasteiger charge is -2.07. The van der Waals surface area contributed by atoms with Crippen molar-refractivity contribution < 1.29 is 9.53 Å². The number of ether oxygens (including phenoxy) is 1. The second kappa shape index (κ2) is 7.70. The van der Waals surface area contributed by atoms with E-state index in [1.54, 1.807) is 26.1 Å². The minimum absolute atomic E-state index is 0.142. The zero-order chi connectivity index (χ0) is 18.7. The lowest BCUT2D eigenvalue weighted by molar-refractivity contribution is 0.103. The van der Waals surface area contributed by atoms with E-state index in [1.165, 1.54) is 22.2 Å². The summed E-state index contributed by atoms with van der Waals surface area (Å²) in [6, 6.07) is 7.28. The third-order valence-electron chi connectivity index (χ3n) is 4.10. The highest BCUT2D eigenvalue weighted by Gasteiger charge is 2.19. The molecule has 3 aromatic rings. The van der Waals surface area contributed by atoms with Crippen molar-refractivity contribution in [2.24, 2.45) is 7.05 Å². The number of thiophene rings is 1. The Labute approximate surface area is 155 Å². The van der Waals surface area contributed by atoms with Crippen LogP contribution in [-0.4, -0.2) is 22.1 Å². The summed E-state index contributed by atoms with van der Waals surface area (Å²) >= 11 is 1.23. The van der Waals surface area contributed by atoms with Gasteiger partial charge in [-0.05, 0) is 43.2 Å². The Morgan fingerprint density at radius 1 is 1.31 bits per heavy atom. The Bertz CT molecular complexity index is 990. The zero-order valence-corrected chi connectivity index (χ0v) is 15.9. The molecule has 0 aliphatic rings. The van der Waals surface area contributed by atoms with Gasteiger partial charge < -0.3 is 14.6 Å². The van der Waals surface area contributed by atoms with Crippen LogP contribution in [-0.2, 0) is 7.05 Å². The predicted molar refractivity (Wildman–Crippen MR) is 104 cm³/mol. The van der Waals surface area contributed by atoms with Gasteiger partial charge in [-0.15, -0.1) is 11.3 Å². The van der Waals surface area contributed by atoms with E-state index in [-0.39, 0.29) is 11.5 Å². The van der Waals surface area contributed by atoms with E-state index in [2.05, 4.69) is 17.2 Å². The van der Waals surface area contributed by atoms with Crippen molar-refractivity contribution in [3.63, 3.8) is 0 Å². The summed E-state index contributed by atoms with van der Waals surface area (Å²) in [5.74, 6) is 0.536. The minimum atomic E-state index is -0.243. The molecular formula is C19H21N3O3S. The van der Waals surface area contributed by atoms with E-state index in [0.29, 0.717) is 33.0 Å². The molecule has 7 heteroatoms. The van der Waals surface area contributed by atoms with Gasteiger partial charge in [0.25, 0.3) is 11.5 Å². The lowest BCUT2D eigenvalue weighted by atomic mass is 10.2. The van der Waals surface area contributed by atoms with Crippen molar-refractivity contribution in [2.45, 2.75) is 26.7 Å². The predicted octanol–water partition coefficient (Wildman–Crippen LogP) is 3.73. The molecule has 0 saturated heterocycles. The highest BCUT2D eigenvalue weighted by Crippen LogP contribution is 2.27. The number of nitrogens with one attached hydrogen (secondary N) is 1. The second-order valence-corrected chi connectivity index (χ2v) is 7.08. The molecule has 0 aliphatic carbocycles. The van der Waals surface area contributed by atoms with E-state index < -0.39 is 0 Å². The molecule has 3 rings (SSSR count). The SMILES string of the molecule is CCCCOc1ccc(NC(=O)c2sc3ncn(C)c(=O)c3c2C)cc1. The van der Waals surface area contributed by atoms with Gasteiger partial charge in [0.2, 0.25) is 0 Å². The number of carbonyl (C=O) groups is 1. The standard InChI is InChI=1S/C19H21N3O3S/c1-4-5-10-25-14-8-6-13(7-9-14)21-17(23)16-12(2)15-18(26-16)20-11-22(3)19(15)24/h6-9,11H,4-5,10H2,1-3H3,(H,21,23). The van der Waals surface area contributed by atoms with Crippen LogP contribution in [0.2, 0.25) is 0 Å². The van der Waals surface area contributed by atoms with Crippen LogP contribution in [0.3, 0.4) is 0 Å². The molecule has 26 heavy (non-hydrogen) atoms. The summed E-state index contributed by atoms with van der Waals surface area (Å²) in [5.41, 5.74) is 1.20. The Balaban J connectivity index is 1.78. The van der Waals surface area contributed by atoms with Crippen LogP contribution >= 0.6 is 11.3 Å². The number of rotatable bonds is 6. The third kappa shape index (κ3) is 3.62. The van der Waals surface area contributed by atoms with Crippen molar-refractivity contribution in [2.75, 3.05) is 11.9 Å². The first-order valence-corrected chi connectivity index (χ1v) is 9.32. The molecule has 0 unspecified atom stereocenters. The number of anilines is 1. The zero-order valence-electron chi connectivity index (χ0n) is 15.0. The highest BCUT2D eigenvalue weighted by atomic mass is 32.1. The average Bonchev–Trinajstić information content (AvgIpc) is 2.97. The summed E-state index contributed by atoms with van der Waals surface area (Å²) in [6.45, 7) is 4.58. The maximum atomic E-state index is 12.6. The maximum absolute atomic E-state index is 12.6. The molecule has 2 aromatic heterocycles. The number of carbonyl (C=O) groups excluding carboxylic acids is 1. The van der Waals surface area contributed by atoms with Crippen molar-refractivity contribution in [3.8, 4) is 5.75 Å². The van der Waals surface area contributed by atoms with Gasteiger partial charge in [0.1, 0.15) is 10.6 Å². The summed E-state index contributed by atoms with van der Waals surface area (Å²) in [7, 11) is 1.65. The van der Waals surface area contributed by atoms with Gasteiger partial charge in [0.15, 0.2) is 0 Å². The van der Waals surface area contributed by atoms with Gasteiger partial charge in [-0.25, -0.2) is 4.98 Å². The van der Waals surface area contributed by atoms with E-state index in [1.807, 2.05) is 12.1 Å². The Morgan fingerprint density at radius 3 is 2.73 bits per heavy atom. The molecular weight excluding hydrogens is 350 g/mol. The fraction of sp³-hybridized carbons (Fsp3) is 0.316. The average molecular weight is 371 g/mol. The number of fused-ring (bicyclic) bond motifs is 1. The van der Waals surface area contributed by atoms with Crippen LogP contribution in [0.15, 0.2) is 35.4 Å². The first-order valence-electron chi connectivity index (χ1n) is 8.50. The minimum Gasteiger partial charge on any atom is -0.494 e. The summed E-state index contributed by atoms with van der Waals surface area (Å²) < 4.78 is 7.04. The highest BCUT2D eigenvalue weighted by molar-refractivity contribution is 7.20. The maximum Gasteiger partial charge on any atom is 0.266 e. The Hall–Kier alpha value is -2.67. The molecule has 0 bridgehead atoms. The fourth-order valence-corrected chi connectivity index (χ4v) is 3.62. The molecule has 0 fully saturated rings. The number of aromatic nitrogens is 2. The Morgan fingerprint density at radius 2 is 2.04 bits per heavy atom. The number of benzene rings is 1. The van der Waals surface area contributed by atoms with Gasteiger partial charge >= 0.3 is 0 Å². The summed E-state index contributed by atoms with van der Waals surface area (Å²) in [6.07, 6.45) is 3.57. The lowest BCUT2D eigenvalue weighted by Crippen LogP contribution is -2.17. The Kier molecular flexibility index (Phi) is 5.37. The van der Waals surface area contributed by atoms with Crippen LogP contribution in [0, 0.1) is 6.92 Å². The molecule has 136 valence electrons. The van der Waals surface area contributed by atoms with Gasteiger partial charge in [0, 0.05) is 12.7 Å². The van der Waals surface area contributed by atoms with E-state index >= 15 is 0 Å². The molecule has 0 radical (unpaired) electrons. The number of hydrogen-bond acceptors (Lipinski definition) is 5. The number of amides is 1. The third-order valence-corrected chi connectivity index (χ3v) is 5.29. The topological polar surface area (TPSA) is 73.2 Å². The monoisotopic (exact) mass is 371 g/mol. The second-order valence-electron chi connectivity index (χ2n) is 6.08. The van der Waals surface area contributed by atoms with Crippen molar-refractivity contribution in [1.29, 1.82) is 0 Å². The molecule has 1 aromatic carbocycles. The summed E-state index contributed by atoms with van der Waals surface area (Å²) in [5, 5.41) is 3.37.